The molecule has 1 fully saturated rings. The molecular weight excluding hydrogens is 440 g/mol. The van der Waals surface area contributed by atoms with E-state index in [1.165, 1.54) is 11.1 Å². The number of hydrogen-bond donors (Lipinski definition) is 1. The van der Waals surface area contributed by atoms with E-state index < -0.39 is 0 Å². The molecule has 7 heteroatoms. The van der Waals surface area contributed by atoms with Gasteiger partial charge < -0.3 is 9.84 Å². The second-order valence-corrected chi connectivity index (χ2v) is 10.9. The van der Waals surface area contributed by atoms with E-state index in [4.69, 9.17) is 4.52 Å². The predicted octanol–water partition coefficient (Wildman–Crippen LogP) is 5.86. The number of amides is 1. The fraction of sp³-hybridized carbons (Fsp3) is 0.464. The van der Waals surface area contributed by atoms with E-state index in [2.05, 4.69) is 38.6 Å². The molecule has 0 radical (unpaired) electrons. The van der Waals surface area contributed by atoms with Gasteiger partial charge in [-0.2, -0.15) is 4.98 Å². The number of aromatic nitrogens is 3. The number of rotatable bonds is 6. The van der Waals surface area contributed by atoms with Gasteiger partial charge in [-0.1, -0.05) is 50.5 Å². The molecule has 1 saturated carbocycles. The lowest BCUT2D eigenvalue weighted by molar-refractivity contribution is -0.117. The number of nitrogens with zero attached hydrogens (tertiary/aromatic N) is 3. The molecular formula is C28H32N4O3. The van der Waals surface area contributed by atoms with Crippen molar-refractivity contribution in [3.63, 3.8) is 0 Å². The molecule has 2 aliphatic carbocycles. The Hall–Kier alpha value is -3.35. The normalized spacial score (nSPS) is 18.0. The summed E-state index contributed by atoms with van der Waals surface area (Å²) in [6, 6.07) is 10.4. The molecule has 35 heavy (non-hydrogen) atoms. The SMILES string of the molecule is CC(C)(C)c1noc(C(=O)C[C@@H]2CCCCc3cc(-c4ccnc(NC(=O)C5CC5)c4)ccc32)n1. The van der Waals surface area contributed by atoms with Gasteiger partial charge in [0, 0.05) is 24.0 Å². The first-order valence-electron chi connectivity index (χ1n) is 12.6. The Morgan fingerprint density at radius 2 is 1.86 bits per heavy atom. The highest BCUT2D eigenvalue weighted by Gasteiger charge is 2.30. The number of hydrogen-bond acceptors (Lipinski definition) is 6. The van der Waals surface area contributed by atoms with Crippen molar-refractivity contribution < 1.29 is 14.1 Å². The molecule has 0 bridgehead atoms. The van der Waals surface area contributed by atoms with E-state index in [0.717, 1.165) is 49.7 Å². The lowest BCUT2D eigenvalue weighted by atomic mass is 9.87. The standard InChI is InChI=1S/C28H32N4O3/c1-28(2,3)27-31-26(35-32-27)23(33)15-21-7-5-4-6-20-14-18(10-11-22(20)21)19-12-13-29-24(16-19)30-25(34)17-8-9-17/h10-14,16-17,21H,4-9,15H2,1-3H3,(H,29,30,34)/t21-/m0/s1. The van der Waals surface area contributed by atoms with Crippen molar-refractivity contribution in [1.82, 2.24) is 15.1 Å². The molecule has 0 aliphatic heterocycles. The molecule has 182 valence electrons. The Kier molecular flexibility index (Phi) is 6.26. The Labute approximate surface area is 205 Å². The lowest BCUT2D eigenvalue weighted by Gasteiger charge is -2.17. The van der Waals surface area contributed by atoms with Gasteiger partial charge in [-0.05, 0) is 72.4 Å². The molecule has 1 N–H and O–H groups in total. The van der Waals surface area contributed by atoms with Crippen molar-refractivity contribution >= 4 is 17.5 Å². The third kappa shape index (κ3) is 5.34. The van der Waals surface area contributed by atoms with Crippen molar-refractivity contribution in [1.29, 1.82) is 0 Å². The summed E-state index contributed by atoms with van der Waals surface area (Å²) in [6.45, 7) is 5.99. The van der Waals surface area contributed by atoms with Gasteiger partial charge in [0.25, 0.3) is 5.89 Å². The minimum absolute atomic E-state index is 0.0555. The monoisotopic (exact) mass is 472 g/mol. The molecule has 1 aromatic carbocycles. The topological polar surface area (TPSA) is 98.0 Å². The van der Waals surface area contributed by atoms with Crippen LogP contribution in [0, 0.1) is 5.92 Å². The zero-order valence-corrected chi connectivity index (χ0v) is 20.6. The smallest absolute Gasteiger partial charge is 0.294 e. The van der Waals surface area contributed by atoms with Gasteiger partial charge in [-0.15, -0.1) is 0 Å². The second-order valence-electron chi connectivity index (χ2n) is 10.9. The van der Waals surface area contributed by atoms with Crippen LogP contribution < -0.4 is 5.32 Å². The average molecular weight is 473 g/mol. The summed E-state index contributed by atoms with van der Waals surface area (Å²) in [6.07, 6.45) is 8.14. The third-order valence-corrected chi connectivity index (χ3v) is 6.89. The first-order valence-corrected chi connectivity index (χ1v) is 12.6. The van der Waals surface area contributed by atoms with E-state index in [9.17, 15) is 9.59 Å². The molecule has 3 aromatic rings. The van der Waals surface area contributed by atoms with Crippen LogP contribution in [-0.2, 0) is 16.6 Å². The zero-order valence-electron chi connectivity index (χ0n) is 20.6. The number of carbonyl (C=O) groups excluding carboxylic acids is 2. The van der Waals surface area contributed by atoms with Gasteiger partial charge in [0.1, 0.15) is 5.82 Å². The highest BCUT2D eigenvalue weighted by molar-refractivity contribution is 5.94. The fourth-order valence-corrected chi connectivity index (χ4v) is 4.68. The maximum Gasteiger partial charge on any atom is 0.294 e. The number of nitrogens with one attached hydrogen (secondary N) is 1. The Morgan fingerprint density at radius 1 is 1.06 bits per heavy atom. The van der Waals surface area contributed by atoms with Crippen LogP contribution in [0.5, 0.6) is 0 Å². The van der Waals surface area contributed by atoms with Crippen LogP contribution in [0.4, 0.5) is 5.82 Å². The number of pyridine rings is 1. The van der Waals surface area contributed by atoms with Crippen LogP contribution >= 0.6 is 0 Å². The summed E-state index contributed by atoms with van der Waals surface area (Å²) in [4.78, 5) is 33.8. The molecule has 2 aliphatic rings. The fourth-order valence-electron chi connectivity index (χ4n) is 4.68. The highest BCUT2D eigenvalue weighted by atomic mass is 16.5. The molecule has 7 nitrogen and oxygen atoms in total. The van der Waals surface area contributed by atoms with Crippen LogP contribution in [0.2, 0.25) is 0 Å². The van der Waals surface area contributed by atoms with E-state index in [-0.39, 0.29) is 34.8 Å². The van der Waals surface area contributed by atoms with E-state index in [0.29, 0.717) is 18.1 Å². The van der Waals surface area contributed by atoms with Gasteiger partial charge in [-0.25, -0.2) is 4.98 Å². The van der Waals surface area contributed by atoms with Gasteiger partial charge in [0.05, 0.1) is 0 Å². The predicted molar refractivity (Wildman–Crippen MR) is 133 cm³/mol. The molecule has 1 atom stereocenters. The maximum atomic E-state index is 13.0. The first-order chi connectivity index (χ1) is 16.8. The van der Waals surface area contributed by atoms with E-state index >= 15 is 0 Å². The summed E-state index contributed by atoms with van der Waals surface area (Å²) >= 11 is 0. The molecule has 2 heterocycles. The number of ketones is 1. The number of fused-ring (bicyclic) bond motifs is 1. The van der Waals surface area contributed by atoms with Crippen molar-refractivity contribution in [2.75, 3.05) is 5.32 Å². The Morgan fingerprint density at radius 3 is 2.60 bits per heavy atom. The van der Waals surface area contributed by atoms with Crippen molar-refractivity contribution in [2.24, 2.45) is 5.92 Å². The van der Waals surface area contributed by atoms with Crippen molar-refractivity contribution in [3.05, 3.63) is 59.4 Å². The third-order valence-electron chi connectivity index (χ3n) is 6.89. The largest absolute Gasteiger partial charge is 0.331 e. The summed E-state index contributed by atoms with van der Waals surface area (Å²) < 4.78 is 5.30. The quantitative estimate of drug-likeness (QED) is 0.356. The molecule has 2 aromatic heterocycles. The number of anilines is 1. The molecule has 0 saturated heterocycles. The summed E-state index contributed by atoms with van der Waals surface area (Å²) in [5.41, 5.74) is 4.35. The number of Topliss-reactive ketones (excluding diaryl/α,β-unsaturated/α-hetero) is 1. The second kappa shape index (κ2) is 9.36. The van der Waals surface area contributed by atoms with Gasteiger partial charge in [0.15, 0.2) is 5.82 Å². The summed E-state index contributed by atoms with van der Waals surface area (Å²) in [5, 5.41) is 6.94. The number of carbonyl (C=O) groups is 2. The van der Waals surface area contributed by atoms with Crippen LogP contribution in [0.1, 0.15) is 92.9 Å². The summed E-state index contributed by atoms with van der Waals surface area (Å²) in [5.74, 6) is 1.48. The van der Waals surface area contributed by atoms with Gasteiger partial charge in [-0.3, -0.25) is 9.59 Å². The van der Waals surface area contributed by atoms with E-state index in [1.54, 1.807) is 6.20 Å². The highest BCUT2D eigenvalue weighted by Crippen LogP contribution is 2.36. The Balaban J connectivity index is 1.35. The van der Waals surface area contributed by atoms with Crippen LogP contribution in [0.25, 0.3) is 11.1 Å². The summed E-state index contributed by atoms with van der Waals surface area (Å²) in [7, 11) is 0. The molecule has 1 amide bonds. The molecule has 0 spiro atoms. The Bertz CT molecular complexity index is 1250. The first kappa shape index (κ1) is 23.4. The van der Waals surface area contributed by atoms with Crippen LogP contribution in [0.3, 0.4) is 0 Å². The van der Waals surface area contributed by atoms with Crippen molar-refractivity contribution in [2.45, 2.75) is 77.0 Å². The van der Waals surface area contributed by atoms with Crippen LogP contribution in [-0.4, -0.2) is 26.8 Å². The number of benzene rings is 1. The average Bonchev–Trinajstić information content (AvgIpc) is 3.59. The lowest BCUT2D eigenvalue weighted by Crippen LogP contribution is -2.14. The van der Waals surface area contributed by atoms with Crippen LogP contribution in [0.15, 0.2) is 41.1 Å². The molecule has 5 rings (SSSR count). The minimum Gasteiger partial charge on any atom is -0.331 e. The van der Waals surface area contributed by atoms with E-state index in [1.807, 2.05) is 32.9 Å². The molecule has 0 unspecified atom stereocenters. The zero-order chi connectivity index (χ0) is 24.6. The maximum absolute atomic E-state index is 13.0. The number of aryl methyl sites for hydroxylation is 1. The minimum atomic E-state index is -0.263. The van der Waals surface area contributed by atoms with Gasteiger partial charge >= 0.3 is 0 Å². The van der Waals surface area contributed by atoms with Crippen molar-refractivity contribution in [3.8, 4) is 11.1 Å². The van der Waals surface area contributed by atoms with Gasteiger partial charge in [0.2, 0.25) is 11.7 Å².